The second-order valence-electron chi connectivity index (χ2n) is 4.86. The zero-order valence-corrected chi connectivity index (χ0v) is 11.0. The Balaban J connectivity index is 2.02. The first-order valence-corrected chi connectivity index (χ1v) is 6.59. The number of nitrogens with zero attached hydrogens (tertiary/aromatic N) is 1. The first kappa shape index (κ1) is 12.1. The van der Waals surface area contributed by atoms with Gasteiger partial charge in [-0.1, -0.05) is 60.7 Å². The number of ether oxygens (including phenoxy) is 1. The Kier molecular flexibility index (Phi) is 3.43. The summed E-state index contributed by atoms with van der Waals surface area (Å²) in [4.78, 5) is 4.64. The number of benzene rings is 2. The van der Waals surface area contributed by atoms with E-state index < -0.39 is 0 Å². The van der Waals surface area contributed by atoms with E-state index in [1.165, 1.54) is 11.1 Å². The minimum absolute atomic E-state index is 0.107. The second-order valence-corrected chi connectivity index (χ2v) is 4.86. The lowest BCUT2D eigenvalue weighted by atomic mass is 9.90. The van der Waals surface area contributed by atoms with Gasteiger partial charge in [0.05, 0.1) is 12.5 Å². The van der Waals surface area contributed by atoms with Crippen LogP contribution < -0.4 is 0 Å². The smallest absolute Gasteiger partial charge is 0.159 e. The van der Waals surface area contributed by atoms with Crippen LogP contribution in [0.2, 0.25) is 0 Å². The third-order valence-corrected chi connectivity index (χ3v) is 3.41. The predicted molar refractivity (Wildman–Crippen MR) is 77.6 cm³/mol. The molecule has 0 spiro atoms. The number of hydrogen-bond acceptors (Lipinski definition) is 2. The maximum absolute atomic E-state index is 5.83. The summed E-state index contributed by atoms with van der Waals surface area (Å²) in [5, 5.41) is 0. The van der Waals surface area contributed by atoms with Crippen LogP contribution in [0.25, 0.3) is 0 Å². The van der Waals surface area contributed by atoms with Crippen LogP contribution >= 0.6 is 0 Å². The lowest BCUT2D eigenvalue weighted by Crippen LogP contribution is -2.18. The molecule has 0 saturated heterocycles. The van der Waals surface area contributed by atoms with Gasteiger partial charge < -0.3 is 4.74 Å². The summed E-state index contributed by atoms with van der Waals surface area (Å²) in [6, 6.07) is 20.9. The number of rotatable bonds is 3. The van der Waals surface area contributed by atoms with Crippen molar-refractivity contribution in [2.75, 3.05) is 6.61 Å². The van der Waals surface area contributed by atoms with Crippen molar-refractivity contribution < 1.29 is 4.74 Å². The molecule has 2 aromatic carbocycles. The molecule has 2 nitrogen and oxygen atoms in total. The van der Waals surface area contributed by atoms with E-state index in [1.807, 2.05) is 19.1 Å². The van der Waals surface area contributed by atoms with E-state index >= 15 is 0 Å². The molecule has 3 rings (SSSR count). The van der Waals surface area contributed by atoms with Gasteiger partial charge in [0, 0.05) is 5.71 Å². The summed E-state index contributed by atoms with van der Waals surface area (Å²) < 4.78 is 5.83. The number of aliphatic imine (C=N–C) groups is 1. The fourth-order valence-electron chi connectivity index (χ4n) is 2.51. The topological polar surface area (TPSA) is 21.6 Å². The Morgan fingerprint density at radius 1 is 0.947 bits per heavy atom. The van der Waals surface area contributed by atoms with Gasteiger partial charge >= 0.3 is 0 Å². The quantitative estimate of drug-likeness (QED) is 0.816. The molecule has 19 heavy (non-hydrogen) atoms. The highest BCUT2D eigenvalue weighted by Crippen LogP contribution is 2.32. The molecule has 2 heteroatoms. The van der Waals surface area contributed by atoms with Gasteiger partial charge in [-0.25, -0.2) is 0 Å². The Hall–Kier alpha value is -1.93. The van der Waals surface area contributed by atoms with E-state index in [9.17, 15) is 0 Å². The molecule has 96 valence electrons. The fraction of sp³-hybridized carbons (Fsp3) is 0.235. The van der Waals surface area contributed by atoms with Crippen LogP contribution in [0.5, 0.6) is 0 Å². The van der Waals surface area contributed by atoms with Crippen molar-refractivity contribution in [3.8, 4) is 0 Å². The Bertz CT molecular complexity index is 523. The van der Waals surface area contributed by atoms with Crippen LogP contribution in [0.1, 0.15) is 24.0 Å². The van der Waals surface area contributed by atoms with E-state index in [-0.39, 0.29) is 12.1 Å². The van der Waals surface area contributed by atoms with Crippen molar-refractivity contribution in [3.63, 3.8) is 0 Å². The molecule has 1 atom stereocenters. The van der Waals surface area contributed by atoms with Crippen molar-refractivity contribution in [2.45, 2.75) is 19.1 Å². The minimum Gasteiger partial charge on any atom is -0.350 e. The second kappa shape index (κ2) is 5.37. The standard InChI is InChI=1S/C17H17NO/c1-13-12-19-17(18-13)16(14-8-4-2-5-9-14)15-10-6-3-7-11-15/h2-11,16-17H,12H2,1H3. The van der Waals surface area contributed by atoms with E-state index in [4.69, 9.17) is 4.74 Å². The summed E-state index contributed by atoms with van der Waals surface area (Å²) in [5.74, 6) is 0.167. The van der Waals surface area contributed by atoms with Crippen molar-refractivity contribution in [2.24, 2.45) is 4.99 Å². The van der Waals surface area contributed by atoms with Gasteiger partial charge in [0.25, 0.3) is 0 Å². The summed E-state index contributed by atoms with van der Waals surface area (Å²) in [6.45, 7) is 2.66. The van der Waals surface area contributed by atoms with Crippen LogP contribution in [-0.2, 0) is 4.74 Å². The highest BCUT2D eigenvalue weighted by Gasteiger charge is 2.28. The van der Waals surface area contributed by atoms with Crippen molar-refractivity contribution >= 4 is 5.71 Å². The molecule has 0 saturated carbocycles. The van der Waals surface area contributed by atoms with Crippen LogP contribution in [-0.4, -0.2) is 18.5 Å². The van der Waals surface area contributed by atoms with Crippen LogP contribution in [0.15, 0.2) is 65.7 Å². The molecule has 1 aliphatic rings. The lowest BCUT2D eigenvalue weighted by Gasteiger charge is -2.22. The zero-order chi connectivity index (χ0) is 13.1. The van der Waals surface area contributed by atoms with Crippen LogP contribution in [0, 0.1) is 0 Å². The van der Waals surface area contributed by atoms with Gasteiger partial charge in [0.2, 0.25) is 0 Å². The zero-order valence-electron chi connectivity index (χ0n) is 11.0. The Morgan fingerprint density at radius 2 is 1.47 bits per heavy atom. The molecule has 0 radical (unpaired) electrons. The highest BCUT2D eigenvalue weighted by molar-refractivity contribution is 5.84. The molecular weight excluding hydrogens is 234 g/mol. The fourth-order valence-corrected chi connectivity index (χ4v) is 2.51. The summed E-state index contributed by atoms with van der Waals surface area (Å²) in [5.41, 5.74) is 3.57. The largest absolute Gasteiger partial charge is 0.350 e. The minimum atomic E-state index is -0.107. The molecule has 0 aliphatic carbocycles. The Morgan fingerprint density at radius 3 is 1.89 bits per heavy atom. The normalized spacial score (nSPS) is 18.6. The predicted octanol–water partition coefficient (Wildman–Crippen LogP) is 3.64. The highest BCUT2D eigenvalue weighted by atomic mass is 16.5. The van der Waals surface area contributed by atoms with E-state index in [1.54, 1.807) is 0 Å². The lowest BCUT2D eigenvalue weighted by molar-refractivity contribution is 0.0960. The molecule has 0 aromatic heterocycles. The van der Waals surface area contributed by atoms with Gasteiger partial charge in [0.1, 0.15) is 0 Å². The Labute approximate surface area is 113 Å². The van der Waals surface area contributed by atoms with Gasteiger partial charge in [-0.05, 0) is 18.1 Å². The third kappa shape index (κ3) is 2.59. The molecular formula is C17H17NO. The van der Waals surface area contributed by atoms with Crippen LogP contribution in [0.3, 0.4) is 0 Å². The molecule has 2 aromatic rings. The third-order valence-electron chi connectivity index (χ3n) is 3.41. The molecule has 0 fully saturated rings. The summed E-state index contributed by atoms with van der Waals surface area (Å²) in [6.07, 6.45) is -0.107. The molecule has 1 aliphatic heterocycles. The molecule has 1 unspecified atom stereocenters. The van der Waals surface area contributed by atoms with E-state index in [0.717, 1.165) is 5.71 Å². The van der Waals surface area contributed by atoms with E-state index in [0.29, 0.717) is 6.61 Å². The molecule has 0 amide bonds. The van der Waals surface area contributed by atoms with Crippen molar-refractivity contribution in [1.29, 1.82) is 0 Å². The summed E-state index contributed by atoms with van der Waals surface area (Å²) in [7, 11) is 0. The van der Waals surface area contributed by atoms with Crippen LogP contribution in [0.4, 0.5) is 0 Å². The first-order valence-electron chi connectivity index (χ1n) is 6.59. The van der Waals surface area contributed by atoms with Crippen molar-refractivity contribution in [3.05, 3.63) is 71.8 Å². The molecule has 0 bridgehead atoms. The van der Waals surface area contributed by atoms with Crippen molar-refractivity contribution in [1.82, 2.24) is 0 Å². The average molecular weight is 251 g/mol. The monoisotopic (exact) mass is 251 g/mol. The van der Waals surface area contributed by atoms with E-state index in [2.05, 4.69) is 53.5 Å². The van der Waals surface area contributed by atoms with Gasteiger partial charge in [-0.15, -0.1) is 0 Å². The number of hydrogen-bond donors (Lipinski definition) is 0. The SMILES string of the molecule is CC1=NC(C(c2ccccc2)c2ccccc2)OC1. The van der Waals surface area contributed by atoms with Gasteiger partial charge in [0.15, 0.2) is 6.23 Å². The molecule has 0 N–H and O–H groups in total. The maximum atomic E-state index is 5.83. The van der Waals surface area contributed by atoms with Gasteiger partial charge in [-0.3, -0.25) is 4.99 Å². The molecule has 1 heterocycles. The average Bonchev–Trinajstić information content (AvgIpc) is 2.88. The maximum Gasteiger partial charge on any atom is 0.159 e. The summed E-state index contributed by atoms with van der Waals surface area (Å²) >= 11 is 0. The van der Waals surface area contributed by atoms with Gasteiger partial charge in [-0.2, -0.15) is 0 Å². The first-order chi connectivity index (χ1) is 9.34.